The lowest BCUT2D eigenvalue weighted by Crippen LogP contribution is -2.70. The van der Waals surface area contributed by atoms with Gasteiger partial charge in [0.05, 0.1) is 0 Å². The van der Waals surface area contributed by atoms with Crippen LogP contribution >= 0.6 is 11.3 Å². The Morgan fingerprint density at radius 3 is 2.64 bits per heavy atom. The predicted molar refractivity (Wildman–Crippen MR) is 111 cm³/mol. The highest BCUT2D eigenvalue weighted by atomic mass is 32.1. The minimum atomic E-state index is -0.300. The van der Waals surface area contributed by atoms with Crippen molar-refractivity contribution in [3.8, 4) is 0 Å². The summed E-state index contributed by atoms with van der Waals surface area (Å²) in [6.07, 6.45) is 3.94. The standard InChI is InChI=1S/C22H27N3O2S/c1-2-19-16(15-7-3-4-9-20(15)28-19)13-23-11-12-25-18(14-23)22(27)24-10-6-5-8-17(24)21(25)26/h3-4,7,9,17-18H,2,5-6,8,10-14H2,1H3. The van der Waals surface area contributed by atoms with Crippen molar-refractivity contribution in [3.05, 3.63) is 34.7 Å². The van der Waals surface area contributed by atoms with Crippen LogP contribution in [0.15, 0.2) is 24.3 Å². The summed E-state index contributed by atoms with van der Waals surface area (Å²) in [7, 11) is 0. The van der Waals surface area contributed by atoms with Gasteiger partial charge in [-0.05, 0) is 42.7 Å². The number of rotatable bonds is 3. The molecule has 3 aliphatic rings. The molecular weight excluding hydrogens is 370 g/mol. The Bertz CT molecular complexity index is 924. The first-order valence-electron chi connectivity index (χ1n) is 10.5. The van der Waals surface area contributed by atoms with E-state index in [0.29, 0.717) is 13.1 Å². The number of hydrogen-bond acceptors (Lipinski definition) is 4. The second-order valence-electron chi connectivity index (χ2n) is 8.18. The Hall–Kier alpha value is -1.92. The van der Waals surface area contributed by atoms with Gasteiger partial charge in [0.1, 0.15) is 12.1 Å². The van der Waals surface area contributed by atoms with E-state index >= 15 is 0 Å². The molecule has 0 spiro atoms. The van der Waals surface area contributed by atoms with Gasteiger partial charge in [-0.3, -0.25) is 14.5 Å². The SMILES string of the molecule is CCc1sc2ccccc2c1CN1CCN2C(=O)C3CCCCN3C(=O)C2C1. The zero-order valence-electron chi connectivity index (χ0n) is 16.4. The highest BCUT2D eigenvalue weighted by Gasteiger charge is 2.48. The van der Waals surface area contributed by atoms with E-state index in [0.717, 1.165) is 45.3 Å². The number of aryl methyl sites for hydroxylation is 1. The van der Waals surface area contributed by atoms with Crippen LogP contribution in [0.25, 0.3) is 10.1 Å². The fourth-order valence-electron chi connectivity index (χ4n) is 5.13. The van der Waals surface area contributed by atoms with Gasteiger partial charge in [-0.2, -0.15) is 0 Å². The molecule has 4 heterocycles. The maximum atomic E-state index is 13.1. The monoisotopic (exact) mass is 397 g/mol. The fourth-order valence-corrected chi connectivity index (χ4v) is 6.28. The lowest BCUT2D eigenvalue weighted by atomic mass is 9.94. The molecule has 5 rings (SSSR count). The van der Waals surface area contributed by atoms with Crippen LogP contribution in [0, 0.1) is 0 Å². The van der Waals surface area contributed by atoms with Crippen LogP contribution in [0.3, 0.4) is 0 Å². The second-order valence-corrected chi connectivity index (χ2v) is 9.32. The first kappa shape index (κ1) is 18.1. The molecule has 3 saturated heterocycles. The van der Waals surface area contributed by atoms with Crippen molar-refractivity contribution in [3.63, 3.8) is 0 Å². The molecule has 1 aromatic heterocycles. The van der Waals surface area contributed by atoms with Gasteiger partial charge in [-0.15, -0.1) is 11.3 Å². The molecule has 3 aliphatic heterocycles. The number of hydrogen-bond donors (Lipinski definition) is 0. The molecule has 1 aromatic carbocycles. The molecule has 0 saturated carbocycles. The molecule has 2 unspecified atom stereocenters. The van der Waals surface area contributed by atoms with E-state index in [4.69, 9.17) is 0 Å². The molecule has 2 aromatic rings. The molecule has 2 amide bonds. The lowest BCUT2D eigenvalue weighted by molar-refractivity contribution is -0.167. The summed E-state index contributed by atoms with van der Waals surface area (Å²) in [4.78, 5) is 33.6. The summed E-state index contributed by atoms with van der Waals surface area (Å²) in [5.74, 6) is 0.346. The summed E-state index contributed by atoms with van der Waals surface area (Å²) in [6.45, 7) is 5.99. The summed E-state index contributed by atoms with van der Waals surface area (Å²) < 4.78 is 1.34. The van der Waals surface area contributed by atoms with Crippen LogP contribution in [0.4, 0.5) is 0 Å². The Kier molecular flexibility index (Phi) is 4.63. The Balaban J connectivity index is 1.39. The molecule has 0 bridgehead atoms. The summed E-state index contributed by atoms with van der Waals surface area (Å²) in [5.41, 5.74) is 1.40. The third kappa shape index (κ3) is 2.85. The van der Waals surface area contributed by atoms with Gasteiger partial charge < -0.3 is 9.80 Å². The van der Waals surface area contributed by atoms with Crippen molar-refractivity contribution >= 4 is 33.2 Å². The van der Waals surface area contributed by atoms with E-state index in [1.807, 2.05) is 21.1 Å². The number of fused-ring (bicyclic) bond motifs is 3. The number of thiophene rings is 1. The van der Waals surface area contributed by atoms with Crippen molar-refractivity contribution in [1.29, 1.82) is 0 Å². The Morgan fingerprint density at radius 1 is 1.00 bits per heavy atom. The van der Waals surface area contributed by atoms with E-state index in [-0.39, 0.29) is 23.9 Å². The van der Waals surface area contributed by atoms with Crippen molar-refractivity contribution in [2.24, 2.45) is 0 Å². The quantitative estimate of drug-likeness (QED) is 0.800. The van der Waals surface area contributed by atoms with E-state index in [1.54, 1.807) is 0 Å². The van der Waals surface area contributed by atoms with Crippen molar-refractivity contribution in [2.75, 3.05) is 26.2 Å². The molecule has 3 fully saturated rings. The van der Waals surface area contributed by atoms with E-state index in [2.05, 4.69) is 36.1 Å². The van der Waals surface area contributed by atoms with Gasteiger partial charge in [0.2, 0.25) is 11.8 Å². The van der Waals surface area contributed by atoms with Crippen LogP contribution < -0.4 is 0 Å². The highest BCUT2D eigenvalue weighted by Crippen LogP contribution is 2.34. The predicted octanol–water partition coefficient (Wildman–Crippen LogP) is 2.87. The van der Waals surface area contributed by atoms with Gasteiger partial charge in [-0.1, -0.05) is 25.1 Å². The maximum Gasteiger partial charge on any atom is 0.247 e. The van der Waals surface area contributed by atoms with Crippen molar-refractivity contribution < 1.29 is 9.59 Å². The average Bonchev–Trinajstić information content (AvgIpc) is 3.09. The zero-order valence-corrected chi connectivity index (χ0v) is 17.2. The van der Waals surface area contributed by atoms with Gasteiger partial charge in [0, 0.05) is 42.3 Å². The van der Waals surface area contributed by atoms with Crippen molar-refractivity contribution in [1.82, 2.24) is 14.7 Å². The molecule has 5 nitrogen and oxygen atoms in total. The first-order chi connectivity index (χ1) is 13.7. The van der Waals surface area contributed by atoms with Crippen molar-refractivity contribution in [2.45, 2.75) is 51.2 Å². The van der Waals surface area contributed by atoms with Crippen LogP contribution in [0.1, 0.15) is 36.6 Å². The third-order valence-corrected chi connectivity index (χ3v) is 7.95. The van der Waals surface area contributed by atoms with Crippen LogP contribution in [0.2, 0.25) is 0 Å². The molecular formula is C22H27N3O2S. The van der Waals surface area contributed by atoms with Crippen LogP contribution in [-0.2, 0) is 22.6 Å². The molecule has 2 atom stereocenters. The Labute approximate surface area is 169 Å². The molecule has 148 valence electrons. The van der Waals surface area contributed by atoms with E-state index < -0.39 is 0 Å². The normalized spacial score (nSPS) is 25.9. The van der Waals surface area contributed by atoms with Gasteiger partial charge in [-0.25, -0.2) is 0 Å². The number of piperazine rings is 2. The molecule has 6 heteroatoms. The van der Waals surface area contributed by atoms with Crippen LogP contribution in [-0.4, -0.2) is 64.8 Å². The number of carbonyl (C=O) groups excluding carboxylic acids is 2. The van der Waals surface area contributed by atoms with E-state index in [1.165, 1.54) is 20.5 Å². The topological polar surface area (TPSA) is 43.9 Å². The molecule has 0 aliphatic carbocycles. The summed E-state index contributed by atoms with van der Waals surface area (Å²) in [5, 5.41) is 1.34. The summed E-state index contributed by atoms with van der Waals surface area (Å²) in [6, 6.07) is 8.12. The highest BCUT2D eigenvalue weighted by molar-refractivity contribution is 7.19. The van der Waals surface area contributed by atoms with Gasteiger partial charge in [0.25, 0.3) is 0 Å². The largest absolute Gasteiger partial charge is 0.329 e. The number of amides is 2. The minimum Gasteiger partial charge on any atom is -0.329 e. The number of nitrogens with zero attached hydrogens (tertiary/aromatic N) is 3. The number of piperidine rings is 1. The first-order valence-corrected chi connectivity index (χ1v) is 11.3. The maximum absolute atomic E-state index is 13.1. The lowest BCUT2D eigenvalue weighted by Gasteiger charge is -2.50. The van der Waals surface area contributed by atoms with Gasteiger partial charge in [0.15, 0.2) is 0 Å². The number of carbonyl (C=O) groups is 2. The zero-order chi connectivity index (χ0) is 19.3. The summed E-state index contributed by atoms with van der Waals surface area (Å²) >= 11 is 1.88. The van der Waals surface area contributed by atoms with E-state index in [9.17, 15) is 9.59 Å². The molecule has 0 radical (unpaired) electrons. The number of benzene rings is 1. The Morgan fingerprint density at radius 2 is 1.79 bits per heavy atom. The van der Waals surface area contributed by atoms with Gasteiger partial charge >= 0.3 is 0 Å². The van der Waals surface area contributed by atoms with Crippen LogP contribution in [0.5, 0.6) is 0 Å². The fraction of sp³-hybridized carbons (Fsp3) is 0.545. The average molecular weight is 398 g/mol. The smallest absolute Gasteiger partial charge is 0.247 e. The second kappa shape index (κ2) is 7.16. The molecule has 0 N–H and O–H groups in total. The minimum absolute atomic E-state index is 0.167. The molecule has 28 heavy (non-hydrogen) atoms. The third-order valence-electron chi connectivity index (χ3n) is 6.59.